The van der Waals surface area contributed by atoms with Crippen LogP contribution in [-0.4, -0.2) is 25.3 Å². The third-order valence-corrected chi connectivity index (χ3v) is 2.97. The van der Waals surface area contributed by atoms with Crippen molar-refractivity contribution in [2.24, 2.45) is 7.05 Å². The van der Waals surface area contributed by atoms with Crippen LogP contribution >= 0.6 is 23.3 Å². The Morgan fingerprint density at radius 3 is 2.87 bits per heavy atom. The Labute approximate surface area is 96.6 Å². The van der Waals surface area contributed by atoms with Crippen molar-refractivity contribution in [3.63, 3.8) is 0 Å². The molecule has 0 saturated heterocycles. The van der Waals surface area contributed by atoms with Gasteiger partial charge in [-0.15, -0.1) is 0 Å². The number of nitrogens with zero attached hydrogens (tertiary/aromatic N) is 5. The fourth-order valence-corrected chi connectivity index (χ4v) is 2.06. The smallest absolute Gasteiger partial charge is 0.187 e. The predicted octanol–water partition coefficient (Wildman–Crippen LogP) is 1.56. The SMILES string of the molecule is CN(Cc1nccn1C)c1nsnc1Cl. The van der Waals surface area contributed by atoms with E-state index in [0.29, 0.717) is 17.5 Å². The molecule has 0 radical (unpaired) electrons. The molecule has 5 nitrogen and oxygen atoms in total. The maximum atomic E-state index is 5.88. The number of aryl methyl sites for hydroxylation is 1. The van der Waals surface area contributed by atoms with Gasteiger partial charge in [0.1, 0.15) is 5.82 Å². The lowest BCUT2D eigenvalue weighted by Crippen LogP contribution is -2.19. The molecule has 2 aromatic rings. The standard InChI is InChI=1S/C8H10ClN5S/c1-13-4-3-10-6(13)5-14(2)8-7(9)11-15-12-8/h3-4H,5H2,1-2H3. The van der Waals surface area contributed by atoms with Crippen LogP contribution in [0, 0.1) is 0 Å². The van der Waals surface area contributed by atoms with Crippen molar-refractivity contribution in [3.05, 3.63) is 23.4 Å². The molecule has 0 aromatic carbocycles. The lowest BCUT2D eigenvalue weighted by molar-refractivity contribution is 0.757. The molecule has 0 unspecified atom stereocenters. The molecular formula is C8H10ClN5S. The van der Waals surface area contributed by atoms with E-state index in [4.69, 9.17) is 11.6 Å². The summed E-state index contributed by atoms with van der Waals surface area (Å²) in [5.74, 6) is 1.66. The highest BCUT2D eigenvalue weighted by molar-refractivity contribution is 6.99. The summed E-state index contributed by atoms with van der Waals surface area (Å²) in [6, 6.07) is 0. The molecule has 0 bridgehead atoms. The van der Waals surface area contributed by atoms with Crippen molar-refractivity contribution in [2.75, 3.05) is 11.9 Å². The fraction of sp³-hybridized carbons (Fsp3) is 0.375. The fourth-order valence-electron chi connectivity index (χ4n) is 1.24. The highest BCUT2D eigenvalue weighted by Crippen LogP contribution is 2.22. The van der Waals surface area contributed by atoms with E-state index in [0.717, 1.165) is 17.6 Å². The molecule has 0 fully saturated rings. The number of imidazole rings is 1. The summed E-state index contributed by atoms with van der Waals surface area (Å²) in [4.78, 5) is 6.15. The van der Waals surface area contributed by atoms with Gasteiger partial charge in [0.15, 0.2) is 11.0 Å². The number of anilines is 1. The summed E-state index contributed by atoms with van der Waals surface area (Å²) < 4.78 is 9.99. The molecule has 0 aliphatic carbocycles. The molecule has 2 aromatic heterocycles. The number of halogens is 1. The summed E-state index contributed by atoms with van der Waals surface area (Å²) in [5.41, 5.74) is 0. The van der Waals surface area contributed by atoms with Crippen molar-refractivity contribution in [1.29, 1.82) is 0 Å². The first-order valence-corrected chi connectivity index (χ1v) is 5.44. The monoisotopic (exact) mass is 243 g/mol. The topological polar surface area (TPSA) is 46.8 Å². The van der Waals surface area contributed by atoms with E-state index in [1.54, 1.807) is 6.20 Å². The molecular weight excluding hydrogens is 234 g/mol. The molecule has 2 rings (SSSR count). The molecule has 0 atom stereocenters. The molecule has 15 heavy (non-hydrogen) atoms. The minimum atomic E-state index is 0.441. The summed E-state index contributed by atoms with van der Waals surface area (Å²) >= 11 is 6.99. The molecule has 0 spiro atoms. The van der Waals surface area contributed by atoms with E-state index in [-0.39, 0.29) is 0 Å². The number of aromatic nitrogens is 4. The first kappa shape index (κ1) is 10.4. The summed E-state index contributed by atoms with van der Waals surface area (Å²) in [7, 11) is 3.87. The van der Waals surface area contributed by atoms with Gasteiger partial charge in [-0.2, -0.15) is 8.75 Å². The second-order valence-electron chi connectivity index (χ2n) is 3.19. The van der Waals surface area contributed by atoms with Gasteiger partial charge in [0.25, 0.3) is 0 Å². The third-order valence-electron chi connectivity index (χ3n) is 2.09. The van der Waals surface area contributed by atoms with Gasteiger partial charge in [-0.05, 0) is 0 Å². The van der Waals surface area contributed by atoms with Crippen molar-refractivity contribution in [1.82, 2.24) is 18.3 Å². The van der Waals surface area contributed by atoms with Crippen molar-refractivity contribution in [3.8, 4) is 0 Å². The van der Waals surface area contributed by atoms with Gasteiger partial charge in [-0.3, -0.25) is 0 Å². The molecule has 0 aliphatic heterocycles. The van der Waals surface area contributed by atoms with E-state index in [9.17, 15) is 0 Å². The van der Waals surface area contributed by atoms with Crippen molar-refractivity contribution in [2.45, 2.75) is 6.54 Å². The van der Waals surface area contributed by atoms with Crippen LogP contribution in [0.3, 0.4) is 0 Å². The first-order chi connectivity index (χ1) is 7.18. The molecule has 7 heteroatoms. The highest BCUT2D eigenvalue weighted by atomic mass is 35.5. The van der Waals surface area contributed by atoms with Crippen LogP contribution in [0.15, 0.2) is 12.4 Å². The Morgan fingerprint density at radius 2 is 2.33 bits per heavy atom. The zero-order chi connectivity index (χ0) is 10.8. The predicted molar refractivity (Wildman–Crippen MR) is 60.2 cm³/mol. The quantitative estimate of drug-likeness (QED) is 0.821. The minimum absolute atomic E-state index is 0.441. The lowest BCUT2D eigenvalue weighted by atomic mass is 10.5. The molecule has 2 heterocycles. The Kier molecular flexibility index (Phi) is 2.88. The van der Waals surface area contributed by atoms with Crippen molar-refractivity contribution >= 4 is 29.1 Å². The second-order valence-corrected chi connectivity index (χ2v) is 4.08. The summed E-state index contributed by atoms with van der Waals surface area (Å²) in [6.07, 6.45) is 3.67. The number of rotatable bonds is 3. The van der Waals surface area contributed by atoms with Crippen LogP contribution in [0.2, 0.25) is 5.15 Å². The maximum Gasteiger partial charge on any atom is 0.187 e. The van der Waals surface area contributed by atoms with Gasteiger partial charge in [-0.1, -0.05) is 11.6 Å². The molecule has 0 aliphatic rings. The van der Waals surface area contributed by atoms with Gasteiger partial charge < -0.3 is 9.47 Å². The summed E-state index contributed by atoms with van der Waals surface area (Å²) in [5, 5.41) is 0.441. The van der Waals surface area contributed by atoms with Crippen LogP contribution in [0.1, 0.15) is 5.82 Å². The Morgan fingerprint density at radius 1 is 1.53 bits per heavy atom. The zero-order valence-electron chi connectivity index (χ0n) is 8.38. The van der Waals surface area contributed by atoms with E-state index in [1.165, 1.54) is 0 Å². The van der Waals surface area contributed by atoms with Gasteiger partial charge >= 0.3 is 0 Å². The minimum Gasteiger partial charge on any atom is -0.349 e. The first-order valence-electron chi connectivity index (χ1n) is 4.34. The van der Waals surface area contributed by atoms with Crippen LogP contribution in [0.4, 0.5) is 5.82 Å². The Hall–Kier alpha value is -1.14. The molecule has 0 amide bonds. The lowest BCUT2D eigenvalue weighted by Gasteiger charge is -2.15. The number of hydrogen-bond acceptors (Lipinski definition) is 5. The van der Waals surface area contributed by atoms with Crippen LogP contribution in [0.25, 0.3) is 0 Å². The number of hydrogen-bond donors (Lipinski definition) is 0. The highest BCUT2D eigenvalue weighted by Gasteiger charge is 2.12. The van der Waals surface area contributed by atoms with Gasteiger partial charge in [0, 0.05) is 26.5 Å². The average molecular weight is 244 g/mol. The van der Waals surface area contributed by atoms with Crippen molar-refractivity contribution < 1.29 is 0 Å². The van der Waals surface area contributed by atoms with Crippen LogP contribution in [-0.2, 0) is 13.6 Å². The third kappa shape index (κ3) is 2.10. The second kappa shape index (κ2) is 4.16. The molecule has 0 N–H and O–H groups in total. The van der Waals surface area contributed by atoms with Crippen LogP contribution in [0.5, 0.6) is 0 Å². The van der Waals surface area contributed by atoms with E-state index >= 15 is 0 Å². The van der Waals surface area contributed by atoms with Gasteiger partial charge in [0.2, 0.25) is 0 Å². The van der Waals surface area contributed by atoms with Gasteiger partial charge in [0.05, 0.1) is 18.3 Å². The normalized spacial score (nSPS) is 10.6. The largest absolute Gasteiger partial charge is 0.349 e. The van der Waals surface area contributed by atoms with Gasteiger partial charge in [-0.25, -0.2) is 4.98 Å². The van der Waals surface area contributed by atoms with E-state index in [1.807, 2.05) is 29.8 Å². The summed E-state index contributed by atoms with van der Waals surface area (Å²) in [6.45, 7) is 0.661. The zero-order valence-corrected chi connectivity index (χ0v) is 9.96. The van der Waals surface area contributed by atoms with Crippen LogP contribution < -0.4 is 4.90 Å². The Balaban J connectivity index is 2.14. The van der Waals surface area contributed by atoms with E-state index in [2.05, 4.69) is 13.7 Å². The molecule has 80 valence electrons. The van der Waals surface area contributed by atoms with E-state index < -0.39 is 0 Å². The average Bonchev–Trinajstić information content (AvgIpc) is 2.76. The Bertz CT molecular complexity index is 451. The maximum absolute atomic E-state index is 5.88. The molecule has 0 saturated carbocycles.